The summed E-state index contributed by atoms with van der Waals surface area (Å²) in [5.74, 6) is 1.09. The van der Waals surface area contributed by atoms with Gasteiger partial charge in [-0.25, -0.2) is 0 Å². The van der Waals surface area contributed by atoms with Gasteiger partial charge in [-0.1, -0.05) is 36.4 Å². The van der Waals surface area contributed by atoms with Crippen LogP contribution in [0.4, 0.5) is 0 Å². The van der Waals surface area contributed by atoms with E-state index in [1.807, 2.05) is 30.4 Å². The summed E-state index contributed by atoms with van der Waals surface area (Å²) in [6.07, 6.45) is 8.66. The smallest absolute Gasteiger partial charge is 0.164 e. The molecule has 0 heterocycles. The number of hydrogen-bond acceptors (Lipinski definition) is 7. The first-order chi connectivity index (χ1) is 16.9. The number of phenols is 3. The monoisotopic (exact) mass is 476 g/mol. The third kappa shape index (κ3) is 6.15. The van der Waals surface area contributed by atoms with Gasteiger partial charge in [-0.05, 0) is 78.5 Å². The van der Waals surface area contributed by atoms with Crippen LogP contribution in [0.25, 0.3) is 24.3 Å². The molecule has 0 saturated carbocycles. The van der Waals surface area contributed by atoms with Crippen molar-refractivity contribution in [3.63, 3.8) is 0 Å². The maximum absolute atomic E-state index is 10.3. The maximum Gasteiger partial charge on any atom is 0.164 e. The van der Waals surface area contributed by atoms with Crippen molar-refractivity contribution in [1.29, 1.82) is 0 Å². The van der Waals surface area contributed by atoms with Crippen molar-refractivity contribution in [2.75, 3.05) is 27.3 Å². The lowest BCUT2D eigenvalue weighted by molar-refractivity contribution is 0.369. The van der Waals surface area contributed by atoms with Gasteiger partial charge in [-0.15, -0.1) is 0 Å². The molecule has 0 bridgehead atoms. The molecule has 0 aromatic heterocycles. The lowest BCUT2D eigenvalue weighted by Gasteiger charge is -2.13. The molecule has 0 aliphatic rings. The second-order valence-electron chi connectivity index (χ2n) is 7.97. The lowest BCUT2D eigenvalue weighted by Crippen LogP contribution is -2.06. The van der Waals surface area contributed by atoms with Crippen molar-refractivity contribution in [3.8, 4) is 28.7 Å². The van der Waals surface area contributed by atoms with Crippen LogP contribution in [-0.4, -0.2) is 42.6 Å². The van der Waals surface area contributed by atoms with Crippen LogP contribution in [0.3, 0.4) is 0 Å². The lowest BCUT2D eigenvalue weighted by atomic mass is 9.99. The molecule has 7 nitrogen and oxygen atoms in total. The highest BCUT2D eigenvalue weighted by atomic mass is 16.5. The number of phenolic OH excluding ortho intramolecular Hbond substituents is 3. The molecule has 3 aromatic carbocycles. The first-order valence-electron chi connectivity index (χ1n) is 11.3. The standard InChI is InChI=1S/C28H32N2O5/c1-34-27-23(11-13-29)20(7-9-25(27)32)5-3-18-15-19(17-22(31)16-18)4-6-21-8-10-26(33)28(35-2)24(21)12-14-30/h3-10,15-17,31-33H,11-14,29-30H2,1-2H3/b5-3+,6-4+. The topological polar surface area (TPSA) is 131 Å². The van der Waals surface area contributed by atoms with Gasteiger partial charge in [0.05, 0.1) is 14.2 Å². The van der Waals surface area contributed by atoms with Crippen molar-refractivity contribution >= 4 is 24.3 Å². The number of rotatable bonds is 10. The second-order valence-corrected chi connectivity index (χ2v) is 7.97. The summed E-state index contributed by atoms with van der Waals surface area (Å²) in [7, 11) is 3.03. The molecule has 3 rings (SSSR count). The van der Waals surface area contributed by atoms with Gasteiger partial charge in [0.15, 0.2) is 23.0 Å². The summed E-state index contributed by atoms with van der Waals surface area (Å²) in [4.78, 5) is 0. The molecule has 0 spiro atoms. The average molecular weight is 477 g/mol. The predicted molar refractivity (Wildman–Crippen MR) is 141 cm³/mol. The highest BCUT2D eigenvalue weighted by Gasteiger charge is 2.13. The molecule has 184 valence electrons. The van der Waals surface area contributed by atoms with Crippen molar-refractivity contribution in [1.82, 2.24) is 0 Å². The fraction of sp³-hybridized carbons (Fsp3) is 0.214. The molecule has 0 aliphatic heterocycles. The molecule has 3 aromatic rings. The minimum absolute atomic E-state index is 0.0674. The van der Waals surface area contributed by atoms with Gasteiger partial charge in [0.1, 0.15) is 5.75 Å². The Bertz CT molecular complexity index is 1140. The van der Waals surface area contributed by atoms with Crippen LogP contribution in [0, 0.1) is 0 Å². The molecule has 35 heavy (non-hydrogen) atoms. The summed E-state index contributed by atoms with van der Waals surface area (Å²) in [5, 5.41) is 30.5. The van der Waals surface area contributed by atoms with Crippen molar-refractivity contribution < 1.29 is 24.8 Å². The predicted octanol–water partition coefficient (Wildman–Crippen LogP) is 4.16. The van der Waals surface area contributed by atoms with Crippen molar-refractivity contribution in [2.45, 2.75) is 12.8 Å². The Balaban J connectivity index is 1.94. The zero-order chi connectivity index (χ0) is 25.4. The zero-order valence-electron chi connectivity index (χ0n) is 20.0. The van der Waals surface area contributed by atoms with Crippen LogP contribution in [0.2, 0.25) is 0 Å². The van der Waals surface area contributed by atoms with E-state index >= 15 is 0 Å². The summed E-state index contributed by atoms with van der Waals surface area (Å²) < 4.78 is 10.7. The molecule has 0 unspecified atom stereocenters. The highest BCUT2D eigenvalue weighted by molar-refractivity contribution is 5.78. The van der Waals surface area contributed by atoms with Gasteiger partial charge in [0.2, 0.25) is 0 Å². The Morgan fingerprint density at radius 3 is 1.46 bits per heavy atom. The summed E-state index contributed by atoms with van der Waals surface area (Å²) in [6.45, 7) is 0.825. The Kier molecular flexibility index (Phi) is 8.78. The molecule has 0 atom stereocenters. The van der Waals surface area contributed by atoms with E-state index in [9.17, 15) is 15.3 Å². The van der Waals surface area contributed by atoms with Gasteiger partial charge in [0.25, 0.3) is 0 Å². The normalized spacial score (nSPS) is 11.4. The van der Waals surface area contributed by atoms with Gasteiger partial charge >= 0.3 is 0 Å². The summed E-state index contributed by atoms with van der Waals surface area (Å²) in [5.41, 5.74) is 16.5. The molecule has 0 aliphatic carbocycles. The van der Waals surface area contributed by atoms with E-state index in [-0.39, 0.29) is 17.2 Å². The summed E-state index contributed by atoms with van der Waals surface area (Å²) in [6, 6.07) is 12.0. The van der Waals surface area contributed by atoms with Crippen LogP contribution < -0.4 is 20.9 Å². The minimum atomic E-state index is 0.0674. The van der Waals surface area contributed by atoms with E-state index in [0.717, 1.165) is 33.4 Å². The van der Waals surface area contributed by atoms with Gasteiger partial charge in [-0.2, -0.15) is 0 Å². The van der Waals surface area contributed by atoms with Crippen molar-refractivity contribution in [3.05, 3.63) is 75.8 Å². The third-order valence-electron chi connectivity index (χ3n) is 5.62. The van der Waals surface area contributed by atoms with Gasteiger partial charge in [0, 0.05) is 11.1 Å². The average Bonchev–Trinajstić information content (AvgIpc) is 2.83. The Morgan fingerprint density at radius 1 is 0.657 bits per heavy atom. The number of nitrogens with two attached hydrogens (primary N) is 2. The van der Waals surface area contributed by atoms with Gasteiger partial charge in [-0.3, -0.25) is 0 Å². The fourth-order valence-corrected chi connectivity index (χ4v) is 4.06. The molecule has 0 fully saturated rings. The number of ether oxygens (including phenoxy) is 2. The highest BCUT2D eigenvalue weighted by Crippen LogP contribution is 2.35. The van der Waals surface area contributed by atoms with Gasteiger partial charge < -0.3 is 36.3 Å². The molecule has 0 saturated heterocycles. The van der Waals surface area contributed by atoms with Crippen LogP contribution in [-0.2, 0) is 12.8 Å². The summed E-state index contributed by atoms with van der Waals surface area (Å²) >= 11 is 0. The quantitative estimate of drug-likeness (QED) is 0.278. The first-order valence-corrected chi connectivity index (χ1v) is 11.3. The Labute approximate surface area is 205 Å². The second kappa shape index (κ2) is 12.0. The number of hydrogen-bond donors (Lipinski definition) is 5. The van der Waals surface area contributed by atoms with Crippen molar-refractivity contribution in [2.24, 2.45) is 11.5 Å². The maximum atomic E-state index is 10.3. The Morgan fingerprint density at radius 2 is 1.09 bits per heavy atom. The minimum Gasteiger partial charge on any atom is -0.508 e. The first kappa shape index (κ1) is 25.7. The Hall–Kier alpha value is -3.94. The molecular formula is C28H32N2O5. The number of aromatic hydroxyl groups is 3. The van der Waals surface area contributed by atoms with E-state index in [2.05, 4.69) is 0 Å². The van der Waals surface area contributed by atoms with E-state index in [1.54, 1.807) is 36.4 Å². The van der Waals surface area contributed by atoms with E-state index in [1.165, 1.54) is 14.2 Å². The number of methoxy groups -OCH3 is 2. The van der Waals surface area contributed by atoms with E-state index in [4.69, 9.17) is 20.9 Å². The SMILES string of the molecule is COc1c(O)ccc(/C=C/c2cc(O)cc(/C=C/c3ccc(O)c(OC)c3CCN)c2)c1CCN. The van der Waals surface area contributed by atoms with E-state index in [0.29, 0.717) is 37.4 Å². The van der Waals surface area contributed by atoms with Crippen LogP contribution >= 0.6 is 0 Å². The van der Waals surface area contributed by atoms with Crippen LogP contribution in [0.15, 0.2) is 42.5 Å². The fourth-order valence-electron chi connectivity index (χ4n) is 4.06. The van der Waals surface area contributed by atoms with Crippen LogP contribution in [0.1, 0.15) is 33.4 Å². The third-order valence-corrected chi connectivity index (χ3v) is 5.62. The molecular weight excluding hydrogens is 444 g/mol. The zero-order valence-corrected chi connectivity index (χ0v) is 20.0. The number of benzene rings is 3. The van der Waals surface area contributed by atoms with E-state index < -0.39 is 0 Å². The largest absolute Gasteiger partial charge is 0.508 e. The molecule has 0 amide bonds. The van der Waals surface area contributed by atoms with Crippen LogP contribution in [0.5, 0.6) is 28.7 Å². The molecule has 7 heteroatoms. The molecule has 7 N–H and O–H groups in total. The molecule has 0 radical (unpaired) electrons.